The lowest BCUT2D eigenvalue weighted by Gasteiger charge is -2.21. The first-order chi connectivity index (χ1) is 8.75. The van der Waals surface area contributed by atoms with Crippen LogP contribution in [0.2, 0.25) is 0 Å². The molecule has 0 amide bonds. The highest BCUT2D eigenvalue weighted by Crippen LogP contribution is 2.28. The third-order valence-electron chi connectivity index (χ3n) is 3.45. The summed E-state index contributed by atoms with van der Waals surface area (Å²) in [6.45, 7) is 8.01. The normalized spacial score (nSPS) is 15.8. The van der Waals surface area contributed by atoms with Crippen molar-refractivity contribution in [3.05, 3.63) is 22.4 Å². The maximum atomic E-state index is 3.49. The highest BCUT2D eigenvalue weighted by Gasteiger charge is 2.28. The van der Waals surface area contributed by atoms with E-state index in [9.17, 15) is 0 Å². The Kier molecular flexibility index (Phi) is 5.67. The Bertz CT molecular complexity index is 317. The second-order valence-corrected chi connectivity index (χ2v) is 6.43. The number of rotatable bonds is 9. The maximum absolute atomic E-state index is 3.49. The fourth-order valence-corrected chi connectivity index (χ4v) is 2.94. The van der Waals surface area contributed by atoms with Crippen molar-refractivity contribution in [2.75, 3.05) is 13.1 Å². The Morgan fingerprint density at radius 1 is 1.39 bits per heavy atom. The predicted octanol–water partition coefficient (Wildman–Crippen LogP) is 3.49. The largest absolute Gasteiger partial charge is 0.315 e. The third-order valence-corrected chi connectivity index (χ3v) is 4.19. The second-order valence-electron chi connectivity index (χ2n) is 5.65. The lowest BCUT2D eigenvalue weighted by atomic mass is 10.2. The van der Waals surface area contributed by atoms with E-state index in [4.69, 9.17) is 0 Å². The van der Waals surface area contributed by atoms with Gasteiger partial charge in [-0.15, -0.1) is 0 Å². The Morgan fingerprint density at radius 3 is 2.83 bits per heavy atom. The molecule has 1 heterocycles. The van der Waals surface area contributed by atoms with E-state index in [0.29, 0.717) is 6.04 Å². The van der Waals surface area contributed by atoms with Gasteiger partial charge in [-0.1, -0.05) is 13.8 Å². The molecule has 0 aromatic carbocycles. The van der Waals surface area contributed by atoms with Crippen LogP contribution < -0.4 is 5.32 Å². The molecule has 0 saturated heterocycles. The van der Waals surface area contributed by atoms with Crippen LogP contribution in [0.1, 0.15) is 45.1 Å². The zero-order chi connectivity index (χ0) is 12.8. The van der Waals surface area contributed by atoms with Crippen LogP contribution >= 0.6 is 11.3 Å². The van der Waals surface area contributed by atoms with E-state index in [1.165, 1.54) is 37.8 Å². The van der Waals surface area contributed by atoms with Gasteiger partial charge in [-0.05, 0) is 61.2 Å². The van der Waals surface area contributed by atoms with Crippen LogP contribution in [0.3, 0.4) is 0 Å². The first-order valence-corrected chi connectivity index (χ1v) is 8.18. The van der Waals surface area contributed by atoms with Crippen molar-refractivity contribution in [2.24, 2.45) is 0 Å². The Balaban J connectivity index is 1.64. The minimum Gasteiger partial charge on any atom is -0.315 e. The van der Waals surface area contributed by atoms with Gasteiger partial charge in [0.15, 0.2) is 0 Å². The van der Waals surface area contributed by atoms with Crippen molar-refractivity contribution in [2.45, 2.75) is 58.2 Å². The molecule has 1 aliphatic rings. The van der Waals surface area contributed by atoms with Crippen molar-refractivity contribution < 1.29 is 0 Å². The topological polar surface area (TPSA) is 15.3 Å². The van der Waals surface area contributed by atoms with Gasteiger partial charge >= 0.3 is 0 Å². The average Bonchev–Trinajstić information content (AvgIpc) is 3.05. The molecule has 1 aliphatic carbocycles. The molecule has 1 N–H and O–H groups in total. The molecule has 1 saturated carbocycles. The first-order valence-electron chi connectivity index (χ1n) is 7.24. The molecule has 0 atom stereocenters. The maximum Gasteiger partial charge on any atom is 0.0244 e. The summed E-state index contributed by atoms with van der Waals surface area (Å²) in [7, 11) is 0. The SMILES string of the molecule is CC(C)NCCCCN(Cc1ccsc1)C1CC1. The standard InChI is InChI=1S/C15H26N2S/c1-13(2)16-8-3-4-9-17(15-5-6-15)11-14-7-10-18-12-14/h7,10,12-13,15-16H,3-6,8-9,11H2,1-2H3. The molecule has 0 unspecified atom stereocenters. The van der Waals surface area contributed by atoms with E-state index in [1.807, 2.05) is 11.3 Å². The van der Waals surface area contributed by atoms with Gasteiger partial charge in [0, 0.05) is 18.6 Å². The molecule has 0 spiro atoms. The summed E-state index contributed by atoms with van der Waals surface area (Å²) in [5.74, 6) is 0. The van der Waals surface area contributed by atoms with Crippen LogP contribution in [0.5, 0.6) is 0 Å². The molecule has 2 rings (SSSR count). The summed E-state index contributed by atoms with van der Waals surface area (Å²) in [5.41, 5.74) is 1.49. The van der Waals surface area contributed by atoms with E-state index in [0.717, 1.165) is 19.1 Å². The summed E-state index contributed by atoms with van der Waals surface area (Å²) < 4.78 is 0. The van der Waals surface area contributed by atoms with Crippen molar-refractivity contribution >= 4 is 11.3 Å². The van der Waals surface area contributed by atoms with Crippen LogP contribution in [0.4, 0.5) is 0 Å². The average molecular weight is 266 g/mol. The number of thiophene rings is 1. The highest BCUT2D eigenvalue weighted by atomic mass is 32.1. The summed E-state index contributed by atoms with van der Waals surface area (Å²) in [5, 5.41) is 7.97. The summed E-state index contributed by atoms with van der Waals surface area (Å²) in [6.07, 6.45) is 5.44. The molecular weight excluding hydrogens is 240 g/mol. The summed E-state index contributed by atoms with van der Waals surface area (Å²) in [6, 6.07) is 3.76. The van der Waals surface area contributed by atoms with Crippen LogP contribution in [0.15, 0.2) is 16.8 Å². The van der Waals surface area contributed by atoms with Gasteiger partial charge < -0.3 is 5.32 Å². The van der Waals surface area contributed by atoms with Crippen molar-refractivity contribution in [1.82, 2.24) is 10.2 Å². The molecule has 1 fully saturated rings. The predicted molar refractivity (Wildman–Crippen MR) is 80.1 cm³/mol. The van der Waals surface area contributed by atoms with E-state index >= 15 is 0 Å². The van der Waals surface area contributed by atoms with Gasteiger partial charge in [-0.2, -0.15) is 11.3 Å². The zero-order valence-corrected chi connectivity index (χ0v) is 12.5. The van der Waals surface area contributed by atoms with E-state index in [2.05, 4.69) is 40.9 Å². The number of hydrogen-bond donors (Lipinski definition) is 1. The van der Waals surface area contributed by atoms with Crippen molar-refractivity contribution in [1.29, 1.82) is 0 Å². The minimum atomic E-state index is 0.621. The molecule has 0 radical (unpaired) electrons. The van der Waals surface area contributed by atoms with E-state index < -0.39 is 0 Å². The minimum absolute atomic E-state index is 0.621. The van der Waals surface area contributed by atoms with Crippen molar-refractivity contribution in [3.8, 4) is 0 Å². The molecule has 102 valence electrons. The number of unbranched alkanes of at least 4 members (excludes halogenated alkanes) is 1. The molecule has 0 bridgehead atoms. The van der Waals surface area contributed by atoms with Crippen LogP contribution in [0, 0.1) is 0 Å². The molecule has 1 aromatic rings. The molecule has 18 heavy (non-hydrogen) atoms. The van der Waals surface area contributed by atoms with Crippen LogP contribution in [0.25, 0.3) is 0 Å². The fourth-order valence-electron chi connectivity index (χ4n) is 2.28. The zero-order valence-electron chi connectivity index (χ0n) is 11.7. The molecular formula is C15H26N2S. The monoisotopic (exact) mass is 266 g/mol. The van der Waals surface area contributed by atoms with Gasteiger partial charge in [0.05, 0.1) is 0 Å². The van der Waals surface area contributed by atoms with E-state index in [1.54, 1.807) is 0 Å². The van der Waals surface area contributed by atoms with Crippen LogP contribution in [-0.4, -0.2) is 30.1 Å². The molecule has 1 aromatic heterocycles. The summed E-state index contributed by atoms with van der Waals surface area (Å²) >= 11 is 1.81. The Hall–Kier alpha value is -0.380. The van der Waals surface area contributed by atoms with Crippen molar-refractivity contribution in [3.63, 3.8) is 0 Å². The third kappa shape index (κ3) is 5.09. The molecule has 3 heteroatoms. The van der Waals surface area contributed by atoms with E-state index in [-0.39, 0.29) is 0 Å². The highest BCUT2D eigenvalue weighted by molar-refractivity contribution is 7.07. The number of nitrogens with zero attached hydrogens (tertiary/aromatic N) is 1. The Labute approximate surface area is 115 Å². The fraction of sp³-hybridized carbons (Fsp3) is 0.733. The lowest BCUT2D eigenvalue weighted by Crippen LogP contribution is -2.28. The number of nitrogens with one attached hydrogen (secondary N) is 1. The lowest BCUT2D eigenvalue weighted by molar-refractivity contribution is 0.249. The smallest absolute Gasteiger partial charge is 0.0244 e. The quantitative estimate of drug-likeness (QED) is 0.688. The second kappa shape index (κ2) is 7.27. The molecule has 2 nitrogen and oxygen atoms in total. The first kappa shape index (κ1) is 14.0. The van der Waals surface area contributed by atoms with Crippen LogP contribution in [-0.2, 0) is 6.54 Å². The van der Waals surface area contributed by atoms with Gasteiger partial charge in [0.2, 0.25) is 0 Å². The Morgan fingerprint density at radius 2 is 2.22 bits per heavy atom. The van der Waals surface area contributed by atoms with Gasteiger partial charge in [-0.25, -0.2) is 0 Å². The molecule has 0 aliphatic heterocycles. The number of hydrogen-bond acceptors (Lipinski definition) is 3. The van der Waals surface area contributed by atoms with Gasteiger partial charge in [0.25, 0.3) is 0 Å². The summed E-state index contributed by atoms with van der Waals surface area (Å²) in [4.78, 5) is 2.68. The van der Waals surface area contributed by atoms with Gasteiger partial charge in [-0.3, -0.25) is 4.90 Å². The van der Waals surface area contributed by atoms with Gasteiger partial charge in [0.1, 0.15) is 0 Å².